The van der Waals surface area contributed by atoms with Crippen molar-refractivity contribution in [3.05, 3.63) is 65.2 Å². The minimum Gasteiger partial charge on any atom is -0.496 e. The van der Waals surface area contributed by atoms with Gasteiger partial charge in [-0.05, 0) is 97.0 Å². The zero-order valence-electron chi connectivity index (χ0n) is 24.1. The van der Waals surface area contributed by atoms with E-state index in [-0.39, 0.29) is 11.5 Å². The monoisotopic (exact) mass is 538 g/mol. The van der Waals surface area contributed by atoms with Crippen LogP contribution < -0.4 is 14.2 Å². The molecule has 8 nitrogen and oxygen atoms in total. The van der Waals surface area contributed by atoms with Crippen LogP contribution in [0.5, 0.6) is 17.2 Å². The summed E-state index contributed by atoms with van der Waals surface area (Å²) in [7, 11) is 3.11. The fourth-order valence-electron chi connectivity index (χ4n) is 3.14. The molecular formula is C31H38O8. The van der Waals surface area contributed by atoms with Crippen LogP contribution in [-0.2, 0) is 19.1 Å². The summed E-state index contributed by atoms with van der Waals surface area (Å²) in [5, 5.41) is 0. The average Bonchev–Trinajstić information content (AvgIpc) is 2.86. The summed E-state index contributed by atoms with van der Waals surface area (Å²) in [6.45, 7) is 10.4. The molecule has 0 aromatic heterocycles. The van der Waals surface area contributed by atoms with Gasteiger partial charge in [-0.15, -0.1) is 0 Å². The van der Waals surface area contributed by atoms with Crippen LogP contribution >= 0.6 is 0 Å². The van der Waals surface area contributed by atoms with Crippen LogP contribution in [0.15, 0.2) is 48.6 Å². The van der Waals surface area contributed by atoms with Crippen molar-refractivity contribution in [1.82, 2.24) is 0 Å². The highest BCUT2D eigenvalue weighted by atomic mass is 16.9. The number of rotatable bonds is 10. The SMILES string of the molecule is C/C=C/c1ccc(OC)c(/C=C/C(=O)c2ccc(OC(OC(=O)C(C)(C)C)OC(=O)C(C)(C)C)cc2)c1OC. The molecule has 0 amide bonds. The van der Waals surface area contributed by atoms with E-state index in [1.165, 1.54) is 18.2 Å². The smallest absolute Gasteiger partial charge is 0.410 e. The van der Waals surface area contributed by atoms with Gasteiger partial charge in [-0.3, -0.25) is 14.4 Å². The van der Waals surface area contributed by atoms with E-state index >= 15 is 0 Å². The number of allylic oxidation sites excluding steroid dienone is 2. The van der Waals surface area contributed by atoms with Crippen LogP contribution in [0.2, 0.25) is 0 Å². The van der Waals surface area contributed by atoms with Crippen LogP contribution in [0.1, 0.15) is 70.0 Å². The number of carbonyl (C=O) groups excluding carboxylic acids is 3. The molecule has 0 bridgehead atoms. The first-order valence-electron chi connectivity index (χ1n) is 12.5. The Kier molecular flexibility index (Phi) is 10.5. The van der Waals surface area contributed by atoms with Gasteiger partial charge in [0.05, 0.1) is 30.6 Å². The minimum atomic E-state index is -1.59. The van der Waals surface area contributed by atoms with Crippen molar-refractivity contribution >= 4 is 29.9 Å². The number of ketones is 1. The van der Waals surface area contributed by atoms with Crippen molar-refractivity contribution in [1.29, 1.82) is 0 Å². The zero-order chi connectivity index (χ0) is 29.4. The molecule has 2 aromatic rings. The second kappa shape index (κ2) is 13.1. The summed E-state index contributed by atoms with van der Waals surface area (Å²) in [5.41, 5.74) is 0.194. The van der Waals surface area contributed by atoms with Gasteiger partial charge in [-0.25, -0.2) is 0 Å². The fraction of sp³-hybridized carbons (Fsp3) is 0.387. The van der Waals surface area contributed by atoms with Crippen molar-refractivity contribution in [2.45, 2.75) is 54.9 Å². The van der Waals surface area contributed by atoms with Crippen LogP contribution in [0.4, 0.5) is 0 Å². The quantitative estimate of drug-likeness (QED) is 0.147. The van der Waals surface area contributed by atoms with Gasteiger partial charge in [0.15, 0.2) is 5.78 Å². The molecule has 0 aliphatic heterocycles. The number of esters is 2. The Labute approximate surface area is 230 Å². The Bertz CT molecular complexity index is 1200. The van der Waals surface area contributed by atoms with Gasteiger partial charge in [0.2, 0.25) is 0 Å². The number of methoxy groups -OCH3 is 2. The van der Waals surface area contributed by atoms with Crippen molar-refractivity contribution in [3.8, 4) is 17.2 Å². The number of carbonyl (C=O) groups is 3. The van der Waals surface area contributed by atoms with Gasteiger partial charge in [0.1, 0.15) is 17.2 Å². The Hall–Kier alpha value is -4.07. The third kappa shape index (κ3) is 8.74. The molecular weight excluding hydrogens is 500 g/mol. The van der Waals surface area contributed by atoms with Crippen molar-refractivity contribution in [2.24, 2.45) is 10.8 Å². The molecule has 0 N–H and O–H groups in total. The van der Waals surface area contributed by atoms with Gasteiger partial charge in [-0.2, -0.15) is 0 Å². The topological polar surface area (TPSA) is 97.4 Å². The van der Waals surface area contributed by atoms with Gasteiger partial charge in [-0.1, -0.05) is 12.2 Å². The lowest BCUT2D eigenvalue weighted by molar-refractivity contribution is -0.244. The van der Waals surface area contributed by atoms with Crippen molar-refractivity contribution < 1.29 is 38.1 Å². The summed E-state index contributed by atoms with van der Waals surface area (Å²) < 4.78 is 27.3. The molecule has 0 heterocycles. The standard InChI is InChI=1S/C31H38O8/c1-10-11-21-14-19-25(35-8)23(26(21)36-9)17-18-24(32)20-12-15-22(16-13-20)37-29(38-27(33)30(2,3)4)39-28(34)31(5,6)7/h10-19,29H,1-9H3/b11-10+,18-17+. The minimum absolute atomic E-state index is 0.242. The summed E-state index contributed by atoms with van der Waals surface area (Å²) >= 11 is 0. The average molecular weight is 539 g/mol. The molecule has 0 atom stereocenters. The van der Waals surface area contributed by atoms with E-state index in [0.717, 1.165) is 5.56 Å². The Morgan fingerprint density at radius 3 is 1.79 bits per heavy atom. The molecule has 0 fully saturated rings. The predicted molar refractivity (Wildman–Crippen MR) is 150 cm³/mol. The fourth-order valence-corrected chi connectivity index (χ4v) is 3.14. The molecule has 0 saturated heterocycles. The second-order valence-electron chi connectivity index (χ2n) is 10.7. The number of hydrogen-bond donors (Lipinski definition) is 0. The van der Waals surface area contributed by atoms with E-state index < -0.39 is 29.2 Å². The molecule has 0 aliphatic rings. The van der Waals surface area contributed by atoms with Crippen molar-refractivity contribution in [3.63, 3.8) is 0 Å². The van der Waals surface area contributed by atoms with E-state index in [4.69, 9.17) is 23.7 Å². The summed E-state index contributed by atoms with van der Waals surface area (Å²) in [6.07, 6.45) is 6.87. The normalized spacial score (nSPS) is 12.1. The molecule has 210 valence electrons. The maximum absolute atomic E-state index is 12.9. The molecule has 2 rings (SSSR count). The lowest BCUT2D eigenvalue weighted by Gasteiger charge is -2.25. The van der Waals surface area contributed by atoms with Crippen LogP contribution in [-0.4, -0.2) is 38.4 Å². The predicted octanol–water partition coefficient (Wildman–Crippen LogP) is 6.47. The van der Waals surface area contributed by atoms with E-state index in [2.05, 4.69) is 0 Å². The molecule has 0 saturated carbocycles. The molecule has 0 spiro atoms. The Balaban J connectivity index is 2.25. The highest BCUT2D eigenvalue weighted by molar-refractivity contribution is 6.07. The van der Waals surface area contributed by atoms with Gasteiger partial charge >= 0.3 is 18.4 Å². The summed E-state index contributed by atoms with van der Waals surface area (Å²) in [4.78, 5) is 37.7. The zero-order valence-corrected chi connectivity index (χ0v) is 24.1. The van der Waals surface area contributed by atoms with Gasteiger partial charge in [0, 0.05) is 11.1 Å². The third-order valence-corrected chi connectivity index (χ3v) is 5.36. The first-order chi connectivity index (χ1) is 18.2. The lowest BCUT2D eigenvalue weighted by atomic mass is 9.97. The van der Waals surface area contributed by atoms with E-state index in [1.807, 2.05) is 31.2 Å². The number of hydrogen-bond acceptors (Lipinski definition) is 8. The molecule has 2 aromatic carbocycles. The maximum Gasteiger partial charge on any atom is 0.410 e. The van der Waals surface area contributed by atoms with E-state index in [0.29, 0.717) is 22.6 Å². The first-order valence-corrected chi connectivity index (χ1v) is 12.5. The Morgan fingerprint density at radius 2 is 1.33 bits per heavy atom. The van der Waals surface area contributed by atoms with Crippen LogP contribution in [0.25, 0.3) is 12.2 Å². The highest BCUT2D eigenvalue weighted by Crippen LogP contribution is 2.34. The van der Waals surface area contributed by atoms with Crippen molar-refractivity contribution in [2.75, 3.05) is 14.2 Å². The number of benzene rings is 2. The lowest BCUT2D eigenvalue weighted by Crippen LogP contribution is -2.37. The summed E-state index contributed by atoms with van der Waals surface area (Å²) in [5.74, 6) is -0.0799. The first kappa shape index (κ1) is 31.1. The number of ether oxygens (including phenoxy) is 5. The Morgan fingerprint density at radius 1 is 0.769 bits per heavy atom. The second-order valence-corrected chi connectivity index (χ2v) is 10.7. The molecule has 0 unspecified atom stereocenters. The third-order valence-electron chi connectivity index (χ3n) is 5.36. The molecule has 8 heteroatoms. The van der Waals surface area contributed by atoms with Gasteiger partial charge in [0.25, 0.3) is 0 Å². The van der Waals surface area contributed by atoms with E-state index in [9.17, 15) is 14.4 Å². The molecule has 0 radical (unpaired) electrons. The van der Waals surface area contributed by atoms with Crippen LogP contribution in [0.3, 0.4) is 0 Å². The van der Waals surface area contributed by atoms with Crippen LogP contribution in [0, 0.1) is 10.8 Å². The molecule has 0 aliphatic carbocycles. The van der Waals surface area contributed by atoms with E-state index in [1.54, 1.807) is 74.0 Å². The maximum atomic E-state index is 12.9. The summed E-state index contributed by atoms with van der Waals surface area (Å²) in [6, 6.07) is 9.85. The highest BCUT2D eigenvalue weighted by Gasteiger charge is 2.32. The van der Waals surface area contributed by atoms with Gasteiger partial charge < -0.3 is 23.7 Å². The molecule has 39 heavy (non-hydrogen) atoms. The largest absolute Gasteiger partial charge is 0.496 e.